The van der Waals surface area contributed by atoms with Crippen molar-refractivity contribution in [2.45, 2.75) is 32.2 Å². The van der Waals surface area contributed by atoms with Crippen LogP contribution in [0.15, 0.2) is 12.1 Å². The lowest BCUT2D eigenvalue weighted by Gasteiger charge is -2.14. The van der Waals surface area contributed by atoms with Crippen LogP contribution in [-0.4, -0.2) is 24.6 Å². The van der Waals surface area contributed by atoms with Crippen LogP contribution in [-0.2, 0) is 11.3 Å². The van der Waals surface area contributed by atoms with Crippen molar-refractivity contribution in [3.63, 3.8) is 0 Å². The number of H-pyrrole nitrogens is 1. The zero-order valence-corrected chi connectivity index (χ0v) is 10.8. The van der Waals surface area contributed by atoms with Crippen LogP contribution in [0.5, 0.6) is 0 Å². The molecule has 1 heterocycles. The first-order valence-corrected chi connectivity index (χ1v) is 6.70. The van der Waals surface area contributed by atoms with Gasteiger partial charge in [0.05, 0.1) is 7.11 Å². The van der Waals surface area contributed by atoms with Gasteiger partial charge in [-0.05, 0) is 49.1 Å². The van der Waals surface area contributed by atoms with Crippen molar-refractivity contribution in [2.24, 2.45) is 11.3 Å². The molecule has 0 radical (unpaired) electrons. The number of esters is 1. The number of carbonyl (C=O) groups excluding carboxylic acids is 1. The predicted octanol–water partition coefficient (Wildman–Crippen LogP) is 2.08. The fourth-order valence-electron chi connectivity index (χ4n) is 2.80. The Bertz CT molecular complexity index is 444. The average molecular weight is 248 g/mol. The fraction of sp³-hybridized carbons (Fsp3) is 0.643. The first-order valence-electron chi connectivity index (χ1n) is 6.70. The highest BCUT2D eigenvalue weighted by Gasteiger charge is 2.53. The molecule has 2 aliphatic rings. The van der Waals surface area contributed by atoms with E-state index in [1.807, 2.05) is 6.07 Å². The van der Waals surface area contributed by atoms with Crippen LogP contribution >= 0.6 is 0 Å². The van der Waals surface area contributed by atoms with Gasteiger partial charge in [-0.15, -0.1) is 0 Å². The van der Waals surface area contributed by atoms with E-state index in [0.717, 1.165) is 24.7 Å². The number of aromatic nitrogens is 1. The summed E-state index contributed by atoms with van der Waals surface area (Å²) in [5.74, 6) is 0.678. The molecule has 0 bridgehead atoms. The number of nitrogens with one attached hydrogen (secondary N) is 2. The molecule has 4 heteroatoms. The smallest absolute Gasteiger partial charge is 0.354 e. The van der Waals surface area contributed by atoms with Gasteiger partial charge in [0.1, 0.15) is 5.69 Å². The Morgan fingerprint density at radius 2 is 2.28 bits per heavy atom. The monoisotopic (exact) mass is 248 g/mol. The van der Waals surface area contributed by atoms with E-state index in [9.17, 15) is 4.79 Å². The van der Waals surface area contributed by atoms with Gasteiger partial charge in [0.25, 0.3) is 0 Å². The van der Waals surface area contributed by atoms with Crippen molar-refractivity contribution in [2.75, 3.05) is 13.7 Å². The summed E-state index contributed by atoms with van der Waals surface area (Å²) in [6.07, 6.45) is 5.64. The average Bonchev–Trinajstić information content (AvgIpc) is 3.27. The van der Waals surface area contributed by atoms with Crippen LogP contribution in [0.4, 0.5) is 0 Å². The van der Waals surface area contributed by atoms with Gasteiger partial charge in [-0.3, -0.25) is 0 Å². The van der Waals surface area contributed by atoms with E-state index in [4.69, 9.17) is 0 Å². The molecule has 18 heavy (non-hydrogen) atoms. The molecule has 3 rings (SSSR count). The third kappa shape index (κ3) is 2.29. The summed E-state index contributed by atoms with van der Waals surface area (Å²) >= 11 is 0. The van der Waals surface area contributed by atoms with Gasteiger partial charge < -0.3 is 15.0 Å². The zero-order chi connectivity index (χ0) is 12.6. The SMILES string of the molecule is COC(=O)c1ccc(CNCC2(C3CC3)CC2)[nH]1. The molecule has 2 aliphatic carbocycles. The molecule has 0 spiro atoms. The Morgan fingerprint density at radius 1 is 1.50 bits per heavy atom. The van der Waals surface area contributed by atoms with E-state index in [-0.39, 0.29) is 5.97 Å². The second-order valence-electron chi connectivity index (χ2n) is 5.63. The summed E-state index contributed by atoms with van der Waals surface area (Å²) in [6.45, 7) is 1.91. The molecule has 0 aliphatic heterocycles. The fourth-order valence-corrected chi connectivity index (χ4v) is 2.80. The van der Waals surface area contributed by atoms with E-state index >= 15 is 0 Å². The second-order valence-corrected chi connectivity index (χ2v) is 5.63. The van der Waals surface area contributed by atoms with Crippen LogP contribution in [0.25, 0.3) is 0 Å². The molecule has 4 nitrogen and oxygen atoms in total. The van der Waals surface area contributed by atoms with Crippen LogP contribution in [0.3, 0.4) is 0 Å². The molecule has 0 aromatic carbocycles. The van der Waals surface area contributed by atoms with Crippen LogP contribution in [0.1, 0.15) is 41.9 Å². The lowest BCUT2D eigenvalue weighted by atomic mass is 10.0. The molecule has 0 atom stereocenters. The minimum absolute atomic E-state index is 0.308. The highest BCUT2D eigenvalue weighted by Crippen LogP contribution is 2.60. The number of ether oxygens (including phenoxy) is 1. The number of carbonyl (C=O) groups is 1. The summed E-state index contributed by atoms with van der Waals surface area (Å²) < 4.78 is 4.67. The Hall–Kier alpha value is -1.29. The maximum Gasteiger partial charge on any atom is 0.354 e. The number of hydrogen-bond donors (Lipinski definition) is 2. The quantitative estimate of drug-likeness (QED) is 0.758. The summed E-state index contributed by atoms with van der Waals surface area (Å²) in [5.41, 5.74) is 2.19. The van der Waals surface area contributed by atoms with Crippen molar-refractivity contribution >= 4 is 5.97 Å². The molecule has 1 aromatic rings. The van der Waals surface area contributed by atoms with Gasteiger partial charge >= 0.3 is 5.97 Å². The van der Waals surface area contributed by atoms with Gasteiger partial charge in [0.15, 0.2) is 0 Å². The van der Waals surface area contributed by atoms with E-state index < -0.39 is 0 Å². The van der Waals surface area contributed by atoms with Crippen molar-refractivity contribution in [3.05, 3.63) is 23.5 Å². The summed E-state index contributed by atoms with van der Waals surface area (Å²) in [7, 11) is 1.40. The van der Waals surface area contributed by atoms with Crippen LogP contribution < -0.4 is 5.32 Å². The first kappa shape index (κ1) is 11.8. The Balaban J connectivity index is 1.48. The topological polar surface area (TPSA) is 54.1 Å². The third-order valence-corrected chi connectivity index (χ3v) is 4.28. The van der Waals surface area contributed by atoms with Gasteiger partial charge in [-0.25, -0.2) is 4.79 Å². The molecule has 0 amide bonds. The molecular weight excluding hydrogens is 228 g/mol. The van der Waals surface area contributed by atoms with Gasteiger partial charge in [0, 0.05) is 18.8 Å². The molecule has 1 aromatic heterocycles. The zero-order valence-electron chi connectivity index (χ0n) is 10.8. The van der Waals surface area contributed by atoms with Crippen LogP contribution in [0, 0.1) is 11.3 Å². The highest BCUT2D eigenvalue weighted by molar-refractivity contribution is 5.87. The minimum Gasteiger partial charge on any atom is -0.464 e. The molecule has 2 fully saturated rings. The Kier molecular flexibility index (Phi) is 2.90. The lowest BCUT2D eigenvalue weighted by Crippen LogP contribution is -2.25. The maximum atomic E-state index is 11.3. The third-order valence-electron chi connectivity index (χ3n) is 4.28. The molecule has 0 unspecified atom stereocenters. The lowest BCUT2D eigenvalue weighted by molar-refractivity contribution is 0.0594. The minimum atomic E-state index is -0.308. The van der Waals surface area contributed by atoms with E-state index in [2.05, 4.69) is 15.0 Å². The summed E-state index contributed by atoms with van der Waals surface area (Å²) in [6, 6.07) is 3.71. The highest BCUT2D eigenvalue weighted by atomic mass is 16.5. The second kappa shape index (κ2) is 4.43. The van der Waals surface area contributed by atoms with E-state index in [1.165, 1.54) is 32.8 Å². The molecule has 2 N–H and O–H groups in total. The molecule has 98 valence electrons. The molecule has 0 saturated heterocycles. The summed E-state index contributed by atoms with van der Waals surface area (Å²) in [5, 5.41) is 3.51. The Morgan fingerprint density at radius 3 is 2.89 bits per heavy atom. The standard InChI is InChI=1S/C14H20N2O2/c1-18-13(17)12-5-4-11(16-12)8-15-9-14(6-7-14)10-2-3-10/h4-5,10,15-16H,2-3,6-9H2,1H3. The maximum absolute atomic E-state index is 11.3. The van der Waals surface area contributed by atoms with Crippen molar-refractivity contribution in [1.82, 2.24) is 10.3 Å². The Labute approximate surface area is 107 Å². The number of rotatable bonds is 6. The van der Waals surface area contributed by atoms with Crippen molar-refractivity contribution in [1.29, 1.82) is 0 Å². The number of aromatic amines is 1. The van der Waals surface area contributed by atoms with Crippen molar-refractivity contribution < 1.29 is 9.53 Å². The number of methoxy groups -OCH3 is 1. The number of hydrogen-bond acceptors (Lipinski definition) is 3. The predicted molar refractivity (Wildman–Crippen MR) is 68.2 cm³/mol. The van der Waals surface area contributed by atoms with Crippen LogP contribution in [0.2, 0.25) is 0 Å². The summed E-state index contributed by atoms with van der Waals surface area (Å²) in [4.78, 5) is 14.4. The van der Waals surface area contributed by atoms with E-state index in [0.29, 0.717) is 11.1 Å². The largest absolute Gasteiger partial charge is 0.464 e. The molecular formula is C14H20N2O2. The van der Waals surface area contributed by atoms with Crippen molar-refractivity contribution in [3.8, 4) is 0 Å². The van der Waals surface area contributed by atoms with Gasteiger partial charge in [-0.1, -0.05) is 0 Å². The van der Waals surface area contributed by atoms with E-state index in [1.54, 1.807) is 6.07 Å². The normalized spacial score (nSPS) is 20.7. The first-order chi connectivity index (χ1) is 8.73. The van der Waals surface area contributed by atoms with Gasteiger partial charge in [0.2, 0.25) is 0 Å². The molecule has 2 saturated carbocycles. The van der Waals surface area contributed by atoms with Gasteiger partial charge in [-0.2, -0.15) is 0 Å².